The Labute approximate surface area is 120 Å². The van der Waals surface area contributed by atoms with E-state index in [-0.39, 0.29) is 11.6 Å². The Morgan fingerprint density at radius 2 is 1.62 bits per heavy atom. The third-order valence-electron chi connectivity index (χ3n) is 3.86. The number of fused-ring (bicyclic) bond motifs is 4. The Hall–Kier alpha value is -2.88. The molecule has 4 nitrogen and oxygen atoms in total. The molecule has 0 bridgehead atoms. The van der Waals surface area contributed by atoms with Crippen molar-refractivity contribution in [3.05, 3.63) is 71.0 Å². The standard InChI is InChI=1S/C17H11NO3/c1-21-11-6-7-18-10(8-11)9-14-15(18)17(20)13-5-3-2-4-12(13)16(14)19/h2-9H,1H3. The van der Waals surface area contributed by atoms with Gasteiger partial charge in [0.2, 0.25) is 5.78 Å². The molecule has 0 radical (unpaired) electrons. The van der Waals surface area contributed by atoms with Gasteiger partial charge in [-0.3, -0.25) is 9.59 Å². The van der Waals surface area contributed by atoms with E-state index in [0.717, 1.165) is 5.52 Å². The lowest BCUT2D eigenvalue weighted by atomic mass is 9.88. The quantitative estimate of drug-likeness (QED) is 0.537. The second-order valence-corrected chi connectivity index (χ2v) is 4.97. The first-order chi connectivity index (χ1) is 10.2. The molecule has 0 unspecified atom stereocenters. The van der Waals surface area contributed by atoms with Crippen LogP contribution >= 0.6 is 0 Å². The van der Waals surface area contributed by atoms with E-state index in [1.807, 2.05) is 6.07 Å². The summed E-state index contributed by atoms with van der Waals surface area (Å²) < 4.78 is 6.93. The second kappa shape index (κ2) is 4.06. The normalized spacial score (nSPS) is 13.2. The molecular weight excluding hydrogens is 266 g/mol. The van der Waals surface area contributed by atoms with E-state index in [9.17, 15) is 9.59 Å². The van der Waals surface area contributed by atoms with Crippen LogP contribution in [0.2, 0.25) is 0 Å². The lowest BCUT2D eigenvalue weighted by Gasteiger charge is -2.14. The number of hydrogen-bond donors (Lipinski definition) is 0. The van der Waals surface area contributed by atoms with Crippen LogP contribution in [-0.4, -0.2) is 23.1 Å². The topological polar surface area (TPSA) is 47.8 Å². The van der Waals surface area contributed by atoms with Gasteiger partial charge in [-0.2, -0.15) is 0 Å². The highest BCUT2D eigenvalue weighted by molar-refractivity contribution is 6.28. The number of carbonyl (C=O) groups is 2. The third kappa shape index (κ3) is 1.50. The minimum Gasteiger partial charge on any atom is -0.497 e. The maximum atomic E-state index is 12.7. The minimum atomic E-state index is -0.120. The molecule has 1 aliphatic rings. The fourth-order valence-electron chi connectivity index (χ4n) is 2.84. The number of methoxy groups -OCH3 is 1. The number of benzene rings is 1. The number of ether oxygens (including phenoxy) is 1. The Kier molecular flexibility index (Phi) is 2.30. The molecule has 1 aliphatic carbocycles. The van der Waals surface area contributed by atoms with E-state index in [4.69, 9.17) is 4.74 Å². The lowest BCUT2D eigenvalue weighted by molar-refractivity contribution is 0.0976. The third-order valence-corrected chi connectivity index (χ3v) is 3.86. The molecule has 4 rings (SSSR count). The summed E-state index contributed by atoms with van der Waals surface area (Å²) >= 11 is 0. The van der Waals surface area contributed by atoms with E-state index in [1.54, 1.807) is 54.1 Å². The Balaban J connectivity index is 2.05. The zero-order valence-corrected chi connectivity index (χ0v) is 11.3. The summed E-state index contributed by atoms with van der Waals surface area (Å²) in [5.41, 5.74) is 2.58. The van der Waals surface area contributed by atoms with E-state index in [2.05, 4.69) is 0 Å². The summed E-state index contributed by atoms with van der Waals surface area (Å²) in [7, 11) is 1.58. The van der Waals surface area contributed by atoms with Gasteiger partial charge in [-0.05, 0) is 12.1 Å². The molecule has 0 N–H and O–H groups in total. The molecule has 0 saturated heterocycles. The van der Waals surface area contributed by atoms with Gasteiger partial charge in [-0.25, -0.2) is 0 Å². The SMILES string of the molecule is COc1ccn2c3c(cc2c1)C(=O)c1ccccc1C3=O. The minimum absolute atomic E-state index is 0.108. The van der Waals surface area contributed by atoms with Gasteiger partial charge in [0.05, 0.1) is 18.2 Å². The van der Waals surface area contributed by atoms with Gasteiger partial charge in [-0.1, -0.05) is 24.3 Å². The molecule has 0 atom stereocenters. The monoisotopic (exact) mass is 277 g/mol. The summed E-state index contributed by atoms with van der Waals surface area (Å²) in [6.07, 6.45) is 1.76. The average molecular weight is 277 g/mol. The summed E-state index contributed by atoms with van der Waals surface area (Å²) in [6.45, 7) is 0. The van der Waals surface area contributed by atoms with Gasteiger partial charge in [0.15, 0.2) is 5.78 Å². The van der Waals surface area contributed by atoms with Crippen LogP contribution in [0.3, 0.4) is 0 Å². The van der Waals surface area contributed by atoms with E-state index < -0.39 is 0 Å². The van der Waals surface area contributed by atoms with Crippen molar-refractivity contribution < 1.29 is 14.3 Å². The van der Waals surface area contributed by atoms with Crippen molar-refractivity contribution >= 4 is 17.1 Å². The van der Waals surface area contributed by atoms with Crippen molar-refractivity contribution in [1.29, 1.82) is 0 Å². The molecule has 0 fully saturated rings. The second-order valence-electron chi connectivity index (χ2n) is 4.97. The highest BCUT2D eigenvalue weighted by Gasteiger charge is 2.32. The molecule has 0 saturated carbocycles. The van der Waals surface area contributed by atoms with Crippen LogP contribution in [-0.2, 0) is 0 Å². The summed E-state index contributed by atoms with van der Waals surface area (Å²) in [6, 6.07) is 12.3. The molecule has 3 aromatic rings. The molecule has 0 aliphatic heterocycles. The molecule has 2 heterocycles. The molecule has 21 heavy (non-hydrogen) atoms. The van der Waals surface area contributed by atoms with Crippen LogP contribution in [0.5, 0.6) is 5.75 Å². The van der Waals surface area contributed by atoms with Gasteiger partial charge < -0.3 is 9.14 Å². The average Bonchev–Trinajstić information content (AvgIpc) is 2.91. The molecule has 4 heteroatoms. The molecule has 0 amide bonds. The van der Waals surface area contributed by atoms with Crippen molar-refractivity contribution in [2.45, 2.75) is 0 Å². The van der Waals surface area contributed by atoms with Crippen LogP contribution in [0.15, 0.2) is 48.7 Å². The van der Waals surface area contributed by atoms with Gasteiger partial charge >= 0.3 is 0 Å². The van der Waals surface area contributed by atoms with Crippen molar-refractivity contribution in [3.63, 3.8) is 0 Å². The maximum absolute atomic E-state index is 12.7. The van der Waals surface area contributed by atoms with Crippen LogP contribution in [0.1, 0.15) is 32.0 Å². The van der Waals surface area contributed by atoms with Crippen molar-refractivity contribution in [2.75, 3.05) is 7.11 Å². The van der Waals surface area contributed by atoms with Gasteiger partial charge in [0.1, 0.15) is 11.4 Å². The number of aromatic nitrogens is 1. The maximum Gasteiger partial charge on any atom is 0.211 e. The van der Waals surface area contributed by atoms with Crippen LogP contribution in [0.4, 0.5) is 0 Å². The Bertz CT molecular complexity index is 921. The summed E-state index contributed by atoms with van der Waals surface area (Å²) in [5, 5.41) is 0. The number of carbonyl (C=O) groups excluding carboxylic acids is 2. The molecule has 0 spiro atoms. The smallest absolute Gasteiger partial charge is 0.211 e. The largest absolute Gasteiger partial charge is 0.497 e. The first-order valence-electron chi connectivity index (χ1n) is 6.58. The van der Waals surface area contributed by atoms with Crippen LogP contribution in [0.25, 0.3) is 5.52 Å². The van der Waals surface area contributed by atoms with Crippen LogP contribution in [0, 0.1) is 0 Å². The Morgan fingerprint density at radius 3 is 2.33 bits per heavy atom. The molecular formula is C17H11NO3. The summed E-state index contributed by atoms with van der Waals surface area (Å²) in [5.74, 6) is 0.461. The fraction of sp³-hybridized carbons (Fsp3) is 0.0588. The molecule has 1 aromatic carbocycles. The van der Waals surface area contributed by atoms with Gasteiger partial charge in [0, 0.05) is 23.4 Å². The first kappa shape index (κ1) is 11.9. The van der Waals surface area contributed by atoms with Crippen molar-refractivity contribution in [1.82, 2.24) is 4.40 Å². The zero-order chi connectivity index (χ0) is 14.6. The number of nitrogens with zero attached hydrogens (tertiary/aromatic N) is 1. The highest BCUT2D eigenvalue weighted by atomic mass is 16.5. The van der Waals surface area contributed by atoms with Gasteiger partial charge in [0.25, 0.3) is 0 Å². The predicted molar refractivity (Wildman–Crippen MR) is 77.3 cm³/mol. The highest BCUT2D eigenvalue weighted by Crippen LogP contribution is 2.30. The lowest BCUT2D eigenvalue weighted by Crippen LogP contribution is -2.21. The van der Waals surface area contributed by atoms with Crippen molar-refractivity contribution in [2.24, 2.45) is 0 Å². The first-order valence-corrected chi connectivity index (χ1v) is 6.58. The van der Waals surface area contributed by atoms with Crippen LogP contribution < -0.4 is 4.74 Å². The molecule has 2 aromatic heterocycles. The number of rotatable bonds is 1. The van der Waals surface area contributed by atoms with Gasteiger partial charge in [-0.15, -0.1) is 0 Å². The zero-order valence-electron chi connectivity index (χ0n) is 11.3. The van der Waals surface area contributed by atoms with Crippen molar-refractivity contribution in [3.8, 4) is 5.75 Å². The summed E-state index contributed by atoms with van der Waals surface area (Å²) in [4.78, 5) is 25.3. The predicted octanol–water partition coefficient (Wildman–Crippen LogP) is 2.72. The van der Waals surface area contributed by atoms with E-state index in [0.29, 0.717) is 28.1 Å². The van der Waals surface area contributed by atoms with E-state index >= 15 is 0 Å². The molecule has 102 valence electrons. The fourth-order valence-corrected chi connectivity index (χ4v) is 2.84. The van der Waals surface area contributed by atoms with E-state index in [1.165, 1.54) is 0 Å². The number of pyridine rings is 1. The Morgan fingerprint density at radius 1 is 0.905 bits per heavy atom. The number of hydrogen-bond acceptors (Lipinski definition) is 3. The number of ketones is 2.